The lowest BCUT2D eigenvalue weighted by atomic mass is 10.3. The van der Waals surface area contributed by atoms with Crippen LogP contribution in [0.5, 0.6) is 0 Å². The second-order valence-corrected chi connectivity index (χ2v) is 5.62. The van der Waals surface area contributed by atoms with Crippen molar-refractivity contribution >= 4 is 11.3 Å². The monoisotopic (exact) mass is 264 g/mol. The van der Waals surface area contributed by atoms with Gasteiger partial charge in [0.05, 0.1) is 6.54 Å². The molecule has 0 aromatic carbocycles. The third-order valence-electron chi connectivity index (χ3n) is 2.93. The lowest BCUT2D eigenvalue weighted by molar-refractivity contribution is 0.320. The maximum absolute atomic E-state index is 4.48. The molecule has 0 amide bonds. The fourth-order valence-electron chi connectivity index (χ4n) is 1.93. The van der Waals surface area contributed by atoms with E-state index >= 15 is 0 Å². The highest BCUT2D eigenvalue weighted by Crippen LogP contribution is 2.11. The summed E-state index contributed by atoms with van der Waals surface area (Å²) in [6.45, 7) is 4.06. The van der Waals surface area contributed by atoms with Crippen molar-refractivity contribution < 1.29 is 0 Å². The molecule has 2 rings (SSSR count). The Bertz CT molecular complexity index is 489. The molecule has 98 valence electrons. The van der Waals surface area contributed by atoms with Gasteiger partial charge in [-0.15, -0.1) is 11.3 Å². The van der Waals surface area contributed by atoms with E-state index in [1.807, 2.05) is 26.4 Å². The first-order valence-corrected chi connectivity index (χ1v) is 7.09. The van der Waals surface area contributed by atoms with Crippen molar-refractivity contribution in [2.45, 2.75) is 26.3 Å². The van der Waals surface area contributed by atoms with E-state index in [4.69, 9.17) is 0 Å². The number of aromatic nitrogens is 3. The minimum atomic E-state index is 0.944. The SMILES string of the molecule is Cc1csc(CN(C)CCCc2nccn2C)n1. The summed E-state index contributed by atoms with van der Waals surface area (Å²) in [5.74, 6) is 1.16. The predicted molar refractivity (Wildman–Crippen MR) is 74.7 cm³/mol. The average molecular weight is 264 g/mol. The number of thiazole rings is 1. The molecule has 4 nitrogen and oxygen atoms in total. The Balaban J connectivity index is 1.72. The Kier molecular flexibility index (Phi) is 4.49. The van der Waals surface area contributed by atoms with Gasteiger partial charge < -0.3 is 4.57 Å². The molecule has 0 aliphatic carbocycles. The molecule has 0 fully saturated rings. The van der Waals surface area contributed by atoms with Gasteiger partial charge in [0.1, 0.15) is 10.8 Å². The third-order valence-corrected chi connectivity index (χ3v) is 3.88. The van der Waals surface area contributed by atoms with Crippen LogP contribution in [-0.4, -0.2) is 33.0 Å². The summed E-state index contributed by atoms with van der Waals surface area (Å²) in [5, 5.41) is 3.31. The van der Waals surface area contributed by atoms with Crippen LogP contribution in [0.2, 0.25) is 0 Å². The van der Waals surface area contributed by atoms with Crippen LogP contribution >= 0.6 is 11.3 Å². The lowest BCUT2D eigenvalue weighted by Crippen LogP contribution is -2.19. The molecule has 2 aromatic heterocycles. The standard InChI is InChI=1S/C13H20N4S/c1-11-10-18-13(15-11)9-16(2)7-4-5-12-14-6-8-17(12)3/h6,8,10H,4-5,7,9H2,1-3H3. The minimum Gasteiger partial charge on any atom is -0.338 e. The number of hydrogen-bond acceptors (Lipinski definition) is 4. The highest BCUT2D eigenvalue weighted by molar-refractivity contribution is 7.09. The quantitative estimate of drug-likeness (QED) is 0.802. The van der Waals surface area contributed by atoms with Crippen LogP contribution in [0.1, 0.15) is 22.9 Å². The summed E-state index contributed by atoms with van der Waals surface area (Å²) < 4.78 is 2.09. The number of imidazole rings is 1. The normalized spacial score (nSPS) is 11.3. The van der Waals surface area contributed by atoms with E-state index in [2.05, 4.69) is 31.9 Å². The fourth-order valence-corrected chi connectivity index (χ4v) is 2.78. The summed E-state index contributed by atoms with van der Waals surface area (Å²) in [7, 11) is 4.19. The van der Waals surface area contributed by atoms with Crippen molar-refractivity contribution in [1.82, 2.24) is 19.4 Å². The lowest BCUT2D eigenvalue weighted by Gasteiger charge is -2.14. The van der Waals surface area contributed by atoms with Gasteiger partial charge in [-0.1, -0.05) is 0 Å². The fraction of sp³-hybridized carbons (Fsp3) is 0.538. The van der Waals surface area contributed by atoms with Crippen molar-refractivity contribution in [2.75, 3.05) is 13.6 Å². The van der Waals surface area contributed by atoms with Gasteiger partial charge in [-0.25, -0.2) is 9.97 Å². The van der Waals surface area contributed by atoms with Crippen molar-refractivity contribution in [3.05, 3.63) is 34.3 Å². The molecule has 0 saturated carbocycles. The number of aryl methyl sites for hydroxylation is 3. The van der Waals surface area contributed by atoms with Gasteiger partial charge in [-0.05, 0) is 26.9 Å². The highest BCUT2D eigenvalue weighted by Gasteiger charge is 2.05. The van der Waals surface area contributed by atoms with Crippen LogP contribution in [-0.2, 0) is 20.0 Å². The van der Waals surface area contributed by atoms with E-state index in [-0.39, 0.29) is 0 Å². The van der Waals surface area contributed by atoms with E-state index < -0.39 is 0 Å². The van der Waals surface area contributed by atoms with Crippen LogP contribution < -0.4 is 0 Å². The first-order valence-electron chi connectivity index (χ1n) is 6.21. The minimum absolute atomic E-state index is 0.944. The third kappa shape index (κ3) is 3.65. The smallest absolute Gasteiger partial charge is 0.108 e. The average Bonchev–Trinajstić information content (AvgIpc) is 2.89. The Hall–Kier alpha value is -1.20. The van der Waals surface area contributed by atoms with Crippen molar-refractivity contribution in [3.63, 3.8) is 0 Å². The topological polar surface area (TPSA) is 34.0 Å². The van der Waals surface area contributed by atoms with Gasteiger partial charge in [0.15, 0.2) is 0 Å². The van der Waals surface area contributed by atoms with E-state index in [0.29, 0.717) is 0 Å². The van der Waals surface area contributed by atoms with Gasteiger partial charge in [0.2, 0.25) is 0 Å². The Morgan fingerprint density at radius 3 is 2.89 bits per heavy atom. The zero-order valence-electron chi connectivity index (χ0n) is 11.3. The Labute approximate surface area is 112 Å². The molecule has 0 N–H and O–H groups in total. The molecule has 5 heteroatoms. The Morgan fingerprint density at radius 2 is 2.28 bits per heavy atom. The zero-order valence-corrected chi connectivity index (χ0v) is 12.1. The zero-order chi connectivity index (χ0) is 13.0. The maximum Gasteiger partial charge on any atom is 0.108 e. The second kappa shape index (κ2) is 6.11. The van der Waals surface area contributed by atoms with Gasteiger partial charge in [0.25, 0.3) is 0 Å². The van der Waals surface area contributed by atoms with Gasteiger partial charge in [-0.3, -0.25) is 4.90 Å². The molecule has 0 aliphatic heterocycles. The molecule has 0 saturated heterocycles. The van der Waals surface area contributed by atoms with Crippen molar-refractivity contribution in [2.24, 2.45) is 7.05 Å². The largest absolute Gasteiger partial charge is 0.338 e. The van der Waals surface area contributed by atoms with Crippen LogP contribution in [0.4, 0.5) is 0 Å². The molecule has 0 unspecified atom stereocenters. The van der Waals surface area contributed by atoms with Gasteiger partial charge in [-0.2, -0.15) is 0 Å². The maximum atomic E-state index is 4.48. The van der Waals surface area contributed by atoms with Crippen LogP contribution in [0, 0.1) is 6.92 Å². The summed E-state index contributed by atoms with van der Waals surface area (Å²) in [6.07, 6.45) is 6.02. The molecule has 2 heterocycles. The Morgan fingerprint density at radius 1 is 1.44 bits per heavy atom. The molecule has 0 atom stereocenters. The molecular formula is C13H20N4S. The first-order chi connectivity index (χ1) is 8.65. The molecular weight excluding hydrogens is 244 g/mol. The number of hydrogen-bond donors (Lipinski definition) is 0. The van der Waals surface area contributed by atoms with Gasteiger partial charge in [0, 0.05) is 36.9 Å². The molecule has 2 aromatic rings. The van der Waals surface area contributed by atoms with Crippen LogP contribution in [0.25, 0.3) is 0 Å². The second-order valence-electron chi connectivity index (χ2n) is 4.68. The van der Waals surface area contributed by atoms with Gasteiger partial charge >= 0.3 is 0 Å². The summed E-state index contributed by atoms with van der Waals surface area (Å²) in [5.41, 5.74) is 1.12. The molecule has 0 bridgehead atoms. The van der Waals surface area contributed by atoms with E-state index in [0.717, 1.165) is 37.4 Å². The van der Waals surface area contributed by atoms with Crippen molar-refractivity contribution in [3.8, 4) is 0 Å². The van der Waals surface area contributed by atoms with E-state index in [1.165, 1.54) is 5.01 Å². The first kappa shape index (κ1) is 13.2. The predicted octanol–water partition coefficient (Wildman–Crippen LogP) is 2.25. The van der Waals surface area contributed by atoms with E-state index in [9.17, 15) is 0 Å². The number of rotatable bonds is 6. The van der Waals surface area contributed by atoms with Crippen LogP contribution in [0.3, 0.4) is 0 Å². The number of nitrogens with zero attached hydrogens (tertiary/aromatic N) is 4. The molecule has 18 heavy (non-hydrogen) atoms. The molecule has 0 radical (unpaired) electrons. The molecule has 0 aliphatic rings. The highest BCUT2D eigenvalue weighted by atomic mass is 32.1. The van der Waals surface area contributed by atoms with Crippen LogP contribution in [0.15, 0.2) is 17.8 Å². The summed E-state index contributed by atoms with van der Waals surface area (Å²) >= 11 is 1.74. The van der Waals surface area contributed by atoms with Crippen molar-refractivity contribution in [1.29, 1.82) is 0 Å². The van der Waals surface area contributed by atoms with E-state index in [1.54, 1.807) is 11.3 Å². The summed E-state index contributed by atoms with van der Waals surface area (Å²) in [4.78, 5) is 11.1. The summed E-state index contributed by atoms with van der Waals surface area (Å²) in [6, 6.07) is 0. The molecule has 0 spiro atoms.